The van der Waals surface area contributed by atoms with Gasteiger partial charge in [0.05, 0.1) is 18.6 Å². The van der Waals surface area contributed by atoms with E-state index in [1.807, 2.05) is 6.92 Å². The van der Waals surface area contributed by atoms with Gasteiger partial charge in [-0.2, -0.15) is 11.8 Å². The summed E-state index contributed by atoms with van der Waals surface area (Å²) in [5, 5.41) is 15.8. The number of unbranched alkanes of at least 4 members (excludes halogenated alkanes) is 1. The van der Waals surface area contributed by atoms with Crippen LogP contribution < -0.4 is 16.4 Å². The van der Waals surface area contributed by atoms with Gasteiger partial charge in [0, 0.05) is 11.0 Å². The number of hydrogen-bond donors (Lipinski definition) is 4. The van der Waals surface area contributed by atoms with Crippen LogP contribution in [-0.2, 0) is 9.59 Å². The van der Waals surface area contributed by atoms with E-state index in [0.717, 1.165) is 18.6 Å². The molecule has 0 aromatic heterocycles. The molecule has 7 nitrogen and oxygen atoms in total. The first-order chi connectivity index (χ1) is 11.4. The Morgan fingerprint density at radius 2 is 2.04 bits per heavy atom. The van der Waals surface area contributed by atoms with E-state index in [-0.39, 0.29) is 35.7 Å². The van der Waals surface area contributed by atoms with E-state index in [9.17, 15) is 19.5 Å². The van der Waals surface area contributed by atoms with Crippen molar-refractivity contribution in [3.8, 4) is 0 Å². The first-order valence-corrected chi connectivity index (χ1v) is 9.65. The number of hydrogen-bond acceptors (Lipinski definition) is 5. The lowest BCUT2D eigenvalue weighted by atomic mass is 9.74. The minimum absolute atomic E-state index is 0.0996. The molecule has 2 aliphatic heterocycles. The third-order valence-corrected chi connectivity index (χ3v) is 6.62. The van der Waals surface area contributed by atoms with Crippen LogP contribution in [0.3, 0.4) is 0 Å². The van der Waals surface area contributed by atoms with Gasteiger partial charge < -0.3 is 21.5 Å². The summed E-state index contributed by atoms with van der Waals surface area (Å²) < 4.78 is 0. The van der Waals surface area contributed by atoms with E-state index in [1.54, 1.807) is 11.8 Å². The number of nitrogens with two attached hydrogens (primary N) is 1. The Kier molecular flexibility index (Phi) is 6.51. The molecule has 4 atom stereocenters. The molecule has 0 radical (unpaired) electrons. The van der Waals surface area contributed by atoms with Crippen LogP contribution in [0.5, 0.6) is 0 Å². The molecule has 0 spiro atoms. The smallest absolute Gasteiger partial charge is 0.317 e. The number of carbonyl (C=O) groups excluding carboxylic acids is 2. The van der Waals surface area contributed by atoms with Gasteiger partial charge in [0.25, 0.3) is 0 Å². The Labute approximate surface area is 146 Å². The highest BCUT2D eigenvalue weighted by Gasteiger charge is 2.46. The number of carbonyl (C=O) groups is 3. The molecule has 136 valence electrons. The van der Waals surface area contributed by atoms with Crippen molar-refractivity contribution in [1.82, 2.24) is 10.6 Å². The molecule has 0 saturated carbocycles. The first kappa shape index (κ1) is 19.1. The van der Waals surface area contributed by atoms with E-state index in [1.165, 1.54) is 0 Å². The molecule has 8 heteroatoms. The van der Waals surface area contributed by atoms with Gasteiger partial charge in [-0.25, -0.2) is 4.79 Å². The number of carboxylic acids is 1. The minimum atomic E-state index is -1.36. The number of ketones is 1. The zero-order valence-corrected chi connectivity index (χ0v) is 14.9. The quantitative estimate of drug-likeness (QED) is 0.343. The van der Waals surface area contributed by atoms with Gasteiger partial charge in [-0.1, -0.05) is 26.2 Å². The number of amides is 2. The normalized spacial score (nSPS) is 27.9. The predicted molar refractivity (Wildman–Crippen MR) is 93.0 cm³/mol. The van der Waals surface area contributed by atoms with Crippen LogP contribution in [0.4, 0.5) is 4.79 Å². The van der Waals surface area contributed by atoms with Crippen molar-refractivity contribution >= 4 is 29.5 Å². The Hall–Kier alpha value is -1.28. The van der Waals surface area contributed by atoms with Crippen molar-refractivity contribution in [3.63, 3.8) is 0 Å². The maximum Gasteiger partial charge on any atom is 0.317 e. The first-order valence-electron chi connectivity index (χ1n) is 8.60. The molecule has 2 heterocycles. The zero-order valence-electron chi connectivity index (χ0n) is 14.0. The molecule has 0 aromatic rings. The van der Waals surface area contributed by atoms with E-state index in [0.29, 0.717) is 25.7 Å². The van der Waals surface area contributed by atoms with Crippen LogP contribution in [0.25, 0.3) is 0 Å². The Bertz CT molecular complexity index is 502. The molecule has 2 amide bonds. The van der Waals surface area contributed by atoms with Gasteiger partial charge >= 0.3 is 12.0 Å². The summed E-state index contributed by atoms with van der Waals surface area (Å²) in [5.74, 6) is -0.564. The van der Waals surface area contributed by atoms with Crippen LogP contribution in [0, 0.1) is 5.41 Å². The predicted octanol–water partition coefficient (Wildman–Crippen LogP) is 1.11. The molecule has 1 unspecified atom stereocenters. The molecule has 2 rings (SSSR count). The second-order valence-electron chi connectivity index (χ2n) is 6.63. The number of rotatable bonds is 10. The van der Waals surface area contributed by atoms with Crippen LogP contribution in [0.1, 0.15) is 45.4 Å². The van der Waals surface area contributed by atoms with Crippen molar-refractivity contribution in [3.05, 3.63) is 0 Å². The van der Waals surface area contributed by atoms with Gasteiger partial charge in [-0.05, 0) is 19.3 Å². The molecule has 0 bridgehead atoms. The molecule has 2 saturated heterocycles. The fourth-order valence-electron chi connectivity index (χ4n) is 3.66. The number of urea groups is 1. The standard InChI is InChI=1S/C16H27N3O4S/c1-2-3-6-16(14(21)22,12(20)8-17)7-4-5-11-13-10(9-24-11)18-15(23)19-13/h10-11,13H,2-9,17H2,1H3,(H,21,22)(H2,18,19,23)/t10-,11-,13-,16?/m0/s1. The number of fused-ring (bicyclic) bond motifs is 1. The zero-order chi connectivity index (χ0) is 17.7. The lowest BCUT2D eigenvalue weighted by Crippen LogP contribution is -2.43. The Balaban J connectivity index is 1.96. The monoisotopic (exact) mass is 357 g/mol. The highest BCUT2D eigenvalue weighted by Crippen LogP contribution is 2.37. The lowest BCUT2D eigenvalue weighted by Gasteiger charge is -2.28. The SMILES string of the molecule is CCCCC(CCC[C@@H]1SC[C@@H]2NC(=O)N[C@@H]21)(C(=O)O)C(=O)CN. The van der Waals surface area contributed by atoms with E-state index in [4.69, 9.17) is 5.73 Å². The van der Waals surface area contributed by atoms with Crippen molar-refractivity contribution in [2.45, 2.75) is 62.8 Å². The van der Waals surface area contributed by atoms with E-state index < -0.39 is 11.4 Å². The maximum absolute atomic E-state index is 12.3. The summed E-state index contributed by atoms with van der Waals surface area (Å²) in [6.45, 7) is 1.74. The third kappa shape index (κ3) is 3.85. The van der Waals surface area contributed by atoms with Crippen molar-refractivity contribution in [2.24, 2.45) is 11.1 Å². The molecule has 24 heavy (non-hydrogen) atoms. The molecule has 2 aliphatic rings. The molecular formula is C16H27N3O4S. The molecular weight excluding hydrogens is 330 g/mol. The summed E-state index contributed by atoms with van der Waals surface area (Å²) in [6.07, 6.45) is 3.62. The fourth-order valence-corrected chi connectivity index (χ4v) is 5.20. The number of Topliss-reactive ketones (excluding diaryl/α,β-unsaturated/α-hetero) is 1. The molecule has 5 N–H and O–H groups in total. The fraction of sp³-hybridized carbons (Fsp3) is 0.812. The number of thioether (sulfide) groups is 1. The highest BCUT2D eigenvalue weighted by atomic mass is 32.2. The van der Waals surface area contributed by atoms with E-state index in [2.05, 4.69) is 10.6 Å². The topological polar surface area (TPSA) is 122 Å². The molecule has 0 aromatic carbocycles. The largest absolute Gasteiger partial charge is 0.480 e. The number of aliphatic carboxylic acids is 1. The van der Waals surface area contributed by atoms with Crippen LogP contribution in [-0.4, -0.2) is 52.5 Å². The summed E-state index contributed by atoms with van der Waals surface area (Å²) >= 11 is 1.79. The minimum Gasteiger partial charge on any atom is -0.480 e. The van der Waals surface area contributed by atoms with Gasteiger partial charge in [0.2, 0.25) is 0 Å². The lowest BCUT2D eigenvalue weighted by molar-refractivity contribution is -0.156. The van der Waals surface area contributed by atoms with Gasteiger partial charge in [0.15, 0.2) is 5.78 Å². The second kappa shape index (κ2) is 8.20. The molecule has 2 fully saturated rings. The van der Waals surface area contributed by atoms with Crippen molar-refractivity contribution in [2.75, 3.05) is 12.3 Å². The Morgan fingerprint density at radius 3 is 2.67 bits per heavy atom. The van der Waals surface area contributed by atoms with Gasteiger partial charge in [-0.15, -0.1) is 0 Å². The average molecular weight is 357 g/mol. The number of carboxylic acid groups (broad SMARTS) is 1. The number of nitrogens with one attached hydrogen (secondary N) is 2. The van der Waals surface area contributed by atoms with Crippen LogP contribution >= 0.6 is 11.8 Å². The summed E-state index contributed by atoms with van der Waals surface area (Å²) in [7, 11) is 0. The van der Waals surface area contributed by atoms with Crippen molar-refractivity contribution in [1.29, 1.82) is 0 Å². The van der Waals surface area contributed by atoms with Crippen LogP contribution in [0.2, 0.25) is 0 Å². The summed E-state index contributed by atoms with van der Waals surface area (Å²) in [6, 6.07) is 0.126. The third-order valence-electron chi connectivity index (χ3n) is 5.12. The van der Waals surface area contributed by atoms with Crippen molar-refractivity contribution < 1.29 is 19.5 Å². The second-order valence-corrected chi connectivity index (χ2v) is 7.90. The summed E-state index contributed by atoms with van der Waals surface area (Å²) in [5.41, 5.74) is 4.12. The average Bonchev–Trinajstić information content (AvgIpc) is 3.09. The molecule has 0 aliphatic carbocycles. The van der Waals surface area contributed by atoms with Gasteiger partial charge in [0.1, 0.15) is 5.41 Å². The van der Waals surface area contributed by atoms with Crippen LogP contribution in [0.15, 0.2) is 0 Å². The summed E-state index contributed by atoms with van der Waals surface area (Å²) in [4.78, 5) is 35.5. The maximum atomic E-state index is 12.3. The Morgan fingerprint density at radius 1 is 1.33 bits per heavy atom. The highest BCUT2D eigenvalue weighted by molar-refractivity contribution is 8.00. The van der Waals surface area contributed by atoms with Gasteiger partial charge in [-0.3, -0.25) is 9.59 Å². The van der Waals surface area contributed by atoms with E-state index >= 15 is 0 Å².